The summed E-state index contributed by atoms with van der Waals surface area (Å²) in [6, 6.07) is 93.2. The molecular weight excluding hydrogens is 833 g/mol. The van der Waals surface area contributed by atoms with E-state index in [1.54, 1.807) is 0 Å². The molecule has 0 unspecified atom stereocenters. The summed E-state index contributed by atoms with van der Waals surface area (Å²) in [4.78, 5) is 4.69. The van der Waals surface area contributed by atoms with Gasteiger partial charge >= 0.3 is 0 Å². The van der Waals surface area contributed by atoms with Gasteiger partial charge in [0.05, 0.1) is 5.69 Å². The van der Waals surface area contributed by atoms with Crippen molar-refractivity contribution in [1.82, 2.24) is 0 Å². The van der Waals surface area contributed by atoms with Gasteiger partial charge in [0, 0.05) is 34.0 Å². The number of hydrogen-bond acceptors (Lipinski definition) is 2. The minimum absolute atomic E-state index is 0.989. The second-order valence-corrected chi connectivity index (χ2v) is 16.9. The summed E-state index contributed by atoms with van der Waals surface area (Å²) in [6.07, 6.45) is 11.8. The molecule has 0 atom stereocenters. The number of anilines is 6. The van der Waals surface area contributed by atoms with E-state index in [0.29, 0.717) is 0 Å². The molecule has 69 heavy (non-hydrogen) atoms. The summed E-state index contributed by atoms with van der Waals surface area (Å²) in [5, 5.41) is 0. The van der Waals surface area contributed by atoms with E-state index in [2.05, 4.69) is 283 Å². The molecule has 10 aromatic carbocycles. The lowest BCUT2D eigenvalue weighted by molar-refractivity contribution is 1.28. The van der Waals surface area contributed by atoms with Crippen LogP contribution >= 0.6 is 0 Å². The van der Waals surface area contributed by atoms with Crippen LogP contribution in [0.3, 0.4) is 0 Å². The van der Waals surface area contributed by atoms with Crippen molar-refractivity contribution in [3.05, 3.63) is 285 Å². The molecule has 0 N–H and O–H groups in total. The Morgan fingerprint density at radius 3 is 0.971 bits per heavy atom. The predicted molar refractivity (Wildman–Crippen MR) is 295 cm³/mol. The zero-order valence-corrected chi connectivity index (χ0v) is 38.5. The van der Waals surface area contributed by atoms with Gasteiger partial charge in [-0.15, -0.1) is 6.42 Å². The number of terminal acetylenes is 1. The molecule has 0 amide bonds. The maximum Gasteiger partial charge on any atom is 0.0540 e. The van der Waals surface area contributed by atoms with E-state index < -0.39 is 0 Å². The lowest BCUT2D eigenvalue weighted by atomic mass is 9.95. The Morgan fingerprint density at radius 2 is 0.652 bits per heavy atom. The highest BCUT2D eigenvalue weighted by atomic mass is 15.1. The van der Waals surface area contributed by atoms with Crippen LogP contribution < -0.4 is 9.80 Å². The highest BCUT2D eigenvalue weighted by Crippen LogP contribution is 2.44. The maximum atomic E-state index is 5.83. The van der Waals surface area contributed by atoms with Gasteiger partial charge in [-0.1, -0.05) is 206 Å². The van der Waals surface area contributed by atoms with Crippen molar-refractivity contribution in [2.75, 3.05) is 9.80 Å². The van der Waals surface area contributed by atoms with Crippen LogP contribution in [0.25, 0.3) is 61.2 Å². The Hall–Kier alpha value is -9.16. The van der Waals surface area contributed by atoms with Gasteiger partial charge in [-0.05, 0) is 147 Å². The highest BCUT2D eigenvalue weighted by molar-refractivity contribution is 5.92. The van der Waals surface area contributed by atoms with E-state index in [1.807, 2.05) is 19.1 Å². The molecule has 10 aromatic rings. The summed E-state index contributed by atoms with van der Waals surface area (Å²) in [5.41, 5.74) is 20.0. The molecule has 0 aliphatic carbocycles. The number of rotatable bonds is 13. The molecule has 0 fully saturated rings. The number of nitrogens with zero attached hydrogens (tertiary/aromatic N) is 2. The normalized spacial score (nSPS) is 11.3. The molecule has 0 aliphatic heterocycles. The quantitative estimate of drug-likeness (QED) is 0.0841. The maximum absolute atomic E-state index is 5.83. The molecule has 2 heteroatoms. The van der Waals surface area contributed by atoms with Crippen LogP contribution in [0.4, 0.5) is 34.1 Å². The van der Waals surface area contributed by atoms with Crippen molar-refractivity contribution >= 4 is 39.7 Å². The molecule has 0 radical (unpaired) electrons. The summed E-state index contributed by atoms with van der Waals surface area (Å²) in [7, 11) is 0. The number of allylic oxidation sites excluding steroid dienone is 4. The fourth-order valence-corrected chi connectivity index (χ4v) is 9.04. The summed E-state index contributed by atoms with van der Waals surface area (Å²) in [6.45, 7) is 2.02. The lowest BCUT2D eigenvalue weighted by Gasteiger charge is -2.29. The molecule has 0 heterocycles. The van der Waals surface area contributed by atoms with Crippen LogP contribution in [0.5, 0.6) is 0 Å². The van der Waals surface area contributed by atoms with Gasteiger partial charge in [0.2, 0.25) is 0 Å². The molecule has 0 aromatic heterocycles. The first kappa shape index (κ1) is 43.7. The highest BCUT2D eigenvalue weighted by Gasteiger charge is 2.20. The van der Waals surface area contributed by atoms with E-state index in [1.165, 1.54) is 33.4 Å². The van der Waals surface area contributed by atoms with Crippen molar-refractivity contribution in [1.29, 1.82) is 0 Å². The van der Waals surface area contributed by atoms with Crippen LogP contribution in [0, 0.1) is 12.3 Å². The average molecular weight is 883 g/mol. The Bertz CT molecular complexity index is 3290. The van der Waals surface area contributed by atoms with Crippen molar-refractivity contribution in [2.45, 2.75) is 6.92 Å². The van der Waals surface area contributed by atoms with E-state index in [4.69, 9.17) is 6.42 Å². The molecule has 0 aliphatic rings. The summed E-state index contributed by atoms with van der Waals surface area (Å²) < 4.78 is 0. The van der Waals surface area contributed by atoms with Crippen LogP contribution in [0.15, 0.2) is 279 Å². The minimum Gasteiger partial charge on any atom is -0.311 e. The van der Waals surface area contributed by atoms with Crippen LogP contribution in [0.1, 0.15) is 12.5 Å². The average Bonchev–Trinajstić information content (AvgIpc) is 3.43. The van der Waals surface area contributed by atoms with E-state index in [0.717, 1.165) is 67.5 Å². The van der Waals surface area contributed by atoms with Gasteiger partial charge in [-0.25, -0.2) is 0 Å². The van der Waals surface area contributed by atoms with E-state index in [-0.39, 0.29) is 0 Å². The molecule has 0 saturated carbocycles. The largest absolute Gasteiger partial charge is 0.311 e. The molecule has 2 nitrogen and oxygen atoms in total. The fraction of sp³-hybridized carbons (Fsp3) is 0.0149. The zero-order valence-electron chi connectivity index (χ0n) is 38.5. The number of benzene rings is 10. The van der Waals surface area contributed by atoms with Crippen molar-refractivity contribution in [3.63, 3.8) is 0 Å². The molecular formula is C67H50N2. The second kappa shape index (κ2) is 20.6. The molecule has 0 bridgehead atoms. The van der Waals surface area contributed by atoms with Gasteiger partial charge in [-0.2, -0.15) is 0 Å². The van der Waals surface area contributed by atoms with Crippen LogP contribution in [-0.2, 0) is 0 Å². The van der Waals surface area contributed by atoms with Crippen LogP contribution in [-0.4, -0.2) is 0 Å². The first-order valence-corrected chi connectivity index (χ1v) is 23.4. The molecule has 10 rings (SSSR count). The second-order valence-electron chi connectivity index (χ2n) is 16.9. The molecule has 0 spiro atoms. The van der Waals surface area contributed by atoms with E-state index >= 15 is 0 Å². The van der Waals surface area contributed by atoms with Crippen LogP contribution in [0.2, 0.25) is 0 Å². The van der Waals surface area contributed by atoms with E-state index in [9.17, 15) is 0 Å². The van der Waals surface area contributed by atoms with Crippen molar-refractivity contribution in [3.8, 4) is 68.0 Å². The topological polar surface area (TPSA) is 6.48 Å². The summed E-state index contributed by atoms with van der Waals surface area (Å²) in [5.74, 6) is 2.75. The third-order valence-corrected chi connectivity index (χ3v) is 12.5. The Balaban J connectivity index is 1.02. The first-order valence-electron chi connectivity index (χ1n) is 23.4. The monoisotopic (exact) mass is 882 g/mol. The molecule has 328 valence electrons. The van der Waals surface area contributed by atoms with Gasteiger partial charge in [0.15, 0.2) is 0 Å². The summed E-state index contributed by atoms with van der Waals surface area (Å²) >= 11 is 0. The molecule has 0 saturated heterocycles. The zero-order chi connectivity index (χ0) is 46.8. The Morgan fingerprint density at radius 1 is 0.348 bits per heavy atom. The Labute approximate surface area is 407 Å². The lowest BCUT2D eigenvalue weighted by Crippen LogP contribution is -2.11. The standard InChI is InChI=1S/C67H50N2/c1-3-17-50(18-4-2)60-37-48-67(66(49-60)59-25-15-8-16-26-59)69(64-44-33-56(34-45-64)53-23-13-7-14-24-53)65-46-35-58(36-47-65)57-31-42-63(43-32-57)68(61-38-27-54(28-39-61)51-19-9-5-10-20-51)62-40-29-55(30-41-62)52-21-11-6-12-22-52/h1,4-49H,2H3/b18-4-,50-17+. The number of hydrogen-bond donors (Lipinski definition) is 0. The smallest absolute Gasteiger partial charge is 0.0540 e. The Kier molecular flexibility index (Phi) is 13.0. The fourth-order valence-electron chi connectivity index (χ4n) is 9.04. The third kappa shape index (κ3) is 9.72. The van der Waals surface area contributed by atoms with Gasteiger partial charge in [-0.3, -0.25) is 0 Å². The first-order chi connectivity index (χ1) is 34.1. The third-order valence-electron chi connectivity index (χ3n) is 12.5. The predicted octanol–water partition coefficient (Wildman–Crippen LogP) is 18.6. The van der Waals surface area contributed by atoms with Gasteiger partial charge in [0.25, 0.3) is 0 Å². The van der Waals surface area contributed by atoms with Gasteiger partial charge in [0.1, 0.15) is 0 Å². The SMILES string of the molecule is C#C/C=C(\C=C/C)c1ccc(N(c2ccc(-c3ccccc3)cc2)c2ccc(-c3ccc(N(c4ccc(-c5ccccc5)cc4)c4ccc(-c5ccccc5)cc4)cc3)cc2)c(-c2ccccc2)c1. The van der Waals surface area contributed by atoms with Gasteiger partial charge < -0.3 is 9.80 Å². The minimum atomic E-state index is 0.989. The van der Waals surface area contributed by atoms with Crippen molar-refractivity contribution < 1.29 is 0 Å². The van der Waals surface area contributed by atoms with Crippen molar-refractivity contribution in [2.24, 2.45) is 0 Å².